The zero-order chi connectivity index (χ0) is 16.8. The van der Waals surface area contributed by atoms with Crippen molar-refractivity contribution in [3.63, 3.8) is 0 Å². The number of carbonyl (C=O) groups is 1. The summed E-state index contributed by atoms with van der Waals surface area (Å²) in [6.45, 7) is 8.80. The Labute approximate surface area is 143 Å². The molecular formula is C19H26N2OS. The van der Waals surface area contributed by atoms with Gasteiger partial charge in [-0.3, -0.25) is 4.79 Å². The molecule has 0 aliphatic heterocycles. The molecule has 2 rings (SSSR count). The molecule has 0 aliphatic rings. The lowest BCUT2D eigenvalue weighted by Crippen LogP contribution is -2.36. The van der Waals surface area contributed by atoms with E-state index in [9.17, 15) is 4.79 Å². The normalized spacial score (nSPS) is 13.8. The Kier molecular flexibility index (Phi) is 6.37. The van der Waals surface area contributed by atoms with Crippen LogP contribution in [0.25, 0.3) is 0 Å². The van der Waals surface area contributed by atoms with E-state index in [2.05, 4.69) is 55.7 Å². The van der Waals surface area contributed by atoms with Gasteiger partial charge in [-0.2, -0.15) is 0 Å². The molecule has 2 N–H and O–H groups in total. The molecule has 0 fully saturated rings. The maximum atomic E-state index is 12.1. The van der Waals surface area contributed by atoms with Crippen molar-refractivity contribution in [2.45, 2.75) is 45.7 Å². The maximum absolute atomic E-state index is 12.1. The fraction of sp³-hybridized carbons (Fsp3) is 0.421. The van der Waals surface area contributed by atoms with Gasteiger partial charge in [0, 0.05) is 10.9 Å². The van der Waals surface area contributed by atoms with Crippen LogP contribution in [0.4, 0.5) is 0 Å². The topological polar surface area (TPSA) is 41.1 Å². The highest BCUT2D eigenvalue weighted by Crippen LogP contribution is 2.19. The number of rotatable bonds is 7. The highest BCUT2D eigenvalue weighted by molar-refractivity contribution is 7.10. The Hall–Kier alpha value is -1.65. The molecule has 1 amide bonds. The minimum Gasteiger partial charge on any atom is -0.348 e. The Balaban J connectivity index is 1.81. The largest absolute Gasteiger partial charge is 0.348 e. The van der Waals surface area contributed by atoms with Crippen molar-refractivity contribution >= 4 is 17.2 Å². The van der Waals surface area contributed by atoms with Crippen LogP contribution in [0.5, 0.6) is 0 Å². The van der Waals surface area contributed by atoms with Crippen molar-refractivity contribution in [1.82, 2.24) is 10.6 Å². The molecule has 0 saturated carbocycles. The van der Waals surface area contributed by atoms with Crippen molar-refractivity contribution in [3.05, 3.63) is 57.8 Å². The Bertz CT molecular complexity index is 605. The summed E-state index contributed by atoms with van der Waals surface area (Å²) in [5.74, 6) is 0.563. The molecule has 1 heterocycles. The van der Waals surface area contributed by atoms with Crippen LogP contribution in [0.15, 0.2) is 41.8 Å². The van der Waals surface area contributed by atoms with Crippen molar-refractivity contribution in [3.8, 4) is 0 Å². The lowest BCUT2D eigenvalue weighted by atomic mass is 9.99. The van der Waals surface area contributed by atoms with Crippen molar-refractivity contribution in [1.29, 1.82) is 0 Å². The Morgan fingerprint density at radius 2 is 1.65 bits per heavy atom. The van der Waals surface area contributed by atoms with Gasteiger partial charge in [0.1, 0.15) is 0 Å². The average molecular weight is 330 g/mol. The van der Waals surface area contributed by atoms with Gasteiger partial charge < -0.3 is 10.6 Å². The van der Waals surface area contributed by atoms with Crippen LogP contribution < -0.4 is 10.6 Å². The van der Waals surface area contributed by atoms with Crippen LogP contribution in [-0.4, -0.2) is 12.5 Å². The molecule has 0 spiro atoms. The molecule has 2 atom stereocenters. The third kappa shape index (κ3) is 5.19. The summed E-state index contributed by atoms with van der Waals surface area (Å²) in [7, 11) is 0. The number of nitrogens with one attached hydrogen (secondary N) is 2. The minimum atomic E-state index is 0.0246. The van der Waals surface area contributed by atoms with Crippen molar-refractivity contribution in [2.75, 3.05) is 6.54 Å². The quantitative estimate of drug-likeness (QED) is 0.790. The number of benzene rings is 1. The lowest BCUT2D eigenvalue weighted by molar-refractivity contribution is -0.121. The minimum absolute atomic E-state index is 0.0246. The predicted molar refractivity (Wildman–Crippen MR) is 97.8 cm³/mol. The first-order valence-electron chi connectivity index (χ1n) is 8.13. The highest BCUT2D eigenvalue weighted by Gasteiger charge is 2.12. The summed E-state index contributed by atoms with van der Waals surface area (Å²) >= 11 is 1.66. The highest BCUT2D eigenvalue weighted by atomic mass is 32.1. The molecule has 23 heavy (non-hydrogen) atoms. The van der Waals surface area contributed by atoms with E-state index >= 15 is 0 Å². The summed E-state index contributed by atoms with van der Waals surface area (Å²) in [6, 6.07) is 12.9. The van der Waals surface area contributed by atoms with Crippen LogP contribution in [0.1, 0.15) is 61.7 Å². The van der Waals surface area contributed by atoms with Crippen LogP contribution in [0, 0.1) is 0 Å². The van der Waals surface area contributed by atoms with E-state index in [1.54, 1.807) is 11.3 Å². The van der Waals surface area contributed by atoms with Gasteiger partial charge in [-0.05, 0) is 42.3 Å². The third-order valence-electron chi connectivity index (χ3n) is 4.02. The Morgan fingerprint density at radius 1 is 1.00 bits per heavy atom. The molecule has 2 aromatic rings. The van der Waals surface area contributed by atoms with Gasteiger partial charge in [-0.25, -0.2) is 0 Å². The van der Waals surface area contributed by atoms with Crippen molar-refractivity contribution < 1.29 is 4.79 Å². The average Bonchev–Trinajstić information content (AvgIpc) is 3.07. The first-order chi connectivity index (χ1) is 11.0. The molecule has 0 saturated heterocycles. The van der Waals surface area contributed by atoms with Gasteiger partial charge in [0.2, 0.25) is 5.91 Å². The lowest BCUT2D eigenvalue weighted by Gasteiger charge is -2.17. The molecule has 0 bridgehead atoms. The molecule has 0 aliphatic carbocycles. The van der Waals surface area contributed by atoms with Gasteiger partial charge in [-0.15, -0.1) is 11.3 Å². The maximum Gasteiger partial charge on any atom is 0.234 e. The molecule has 2 unspecified atom stereocenters. The van der Waals surface area contributed by atoms with Gasteiger partial charge in [0.25, 0.3) is 0 Å². The SMILES string of the molecule is CC(C)c1ccc(C(C)NCC(=O)NC(C)c2cccs2)cc1. The van der Waals surface area contributed by atoms with Gasteiger partial charge in [-0.1, -0.05) is 44.2 Å². The first-order valence-corrected chi connectivity index (χ1v) is 9.01. The second kappa shape index (κ2) is 8.27. The smallest absolute Gasteiger partial charge is 0.234 e. The van der Waals surface area contributed by atoms with E-state index in [1.807, 2.05) is 24.4 Å². The van der Waals surface area contributed by atoms with E-state index in [1.165, 1.54) is 16.0 Å². The summed E-state index contributed by atoms with van der Waals surface area (Å²) in [4.78, 5) is 13.2. The zero-order valence-corrected chi connectivity index (χ0v) is 15.1. The second-order valence-corrected chi connectivity index (χ2v) is 7.21. The summed E-state index contributed by atoms with van der Waals surface area (Å²) < 4.78 is 0. The van der Waals surface area contributed by atoms with E-state index in [4.69, 9.17) is 0 Å². The fourth-order valence-electron chi connectivity index (χ4n) is 2.43. The Morgan fingerprint density at radius 3 is 2.22 bits per heavy atom. The molecular weight excluding hydrogens is 304 g/mol. The summed E-state index contributed by atoms with van der Waals surface area (Å²) in [5.41, 5.74) is 2.54. The number of hydrogen-bond donors (Lipinski definition) is 2. The predicted octanol–water partition coefficient (Wildman–Crippen LogP) is 4.40. The molecule has 0 radical (unpaired) electrons. The summed E-state index contributed by atoms with van der Waals surface area (Å²) in [5, 5.41) is 8.34. The number of carbonyl (C=O) groups excluding carboxylic acids is 1. The van der Waals surface area contributed by atoms with E-state index in [-0.39, 0.29) is 18.0 Å². The van der Waals surface area contributed by atoms with Gasteiger partial charge >= 0.3 is 0 Å². The van der Waals surface area contributed by atoms with Crippen LogP contribution in [0.2, 0.25) is 0 Å². The zero-order valence-electron chi connectivity index (χ0n) is 14.3. The van der Waals surface area contributed by atoms with Gasteiger partial charge in [0.05, 0.1) is 12.6 Å². The molecule has 124 valence electrons. The van der Waals surface area contributed by atoms with Gasteiger partial charge in [0.15, 0.2) is 0 Å². The standard InChI is InChI=1S/C19H26N2OS/c1-13(2)16-7-9-17(10-8-16)14(3)20-12-19(22)21-15(4)18-6-5-11-23-18/h5-11,13-15,20H,12H2,1-4H3,(H,21,22). The molecule has 1 aromatic heterocycles. The fourth-order valence-corrected chi connectivity index (χ4v) is 3.17. The van der Waals surface area contributed by atoms with E-state index in [0.717, 1.165) is 0 Å². The van der Waals surface area contributed by atoms with Crippen LogP contribution in [0.3, 0.4) is 0 Å². The number of amides is 1. The molecule has 3 nitrogen and oxygen atoms in total. The monoisotopic (exact) mass is 330 g/mol. The molecule has 1 aromatic carbocycles. The first kappa shape index (κ1) is 17.7. The van der Waals surface area contributed by atoms with Crippen LogP contribution >= 0.6 is 11.3 Å². The van der Waals surface area contributed by atoms with E-state index in [0.29, 0.717) is 12.5 Å². The summed E-state index contributed by atoms with van der Waals surface area (Å²) in [6.07, 6.45) is 0. The number of hydrogen-bond acceptors (Lipinski definition) is 3. The number of thiophene rings is 1. The van der Waals surface area contributed by atoms with Crippen molar-refractivity contribution in [2.24, 2.45) is 0 Å². The van der Waals surface area contributed by atoms with Crippen LogP contribution in [-0.2, 0) is 4.79 Å². The second-order valence-electron chi connectivity index (χ2n) is 6.23. The third-order valence-corrected chi connectivity index (χ3v) is 5.07. The molecule has 4 heteroatoms. The van der Waals surface area contributed by atoms with E-state index < -0.39 is 0 Å².